The Morgan fingerprint density at radius 2 is 2.20 bits per heavy atom. The van der Waals surface area contributed by atoms with Crippen LogP contribution in [0.5, 0.6) is 5.75 Å². The highest BCUT2D eigenvalue weighted by Gasteiger charge is 2.02. The van der Waals surface area contributed by atoms with Crippen molar-refractivity contribution in [2.75, 3.05) is 0 Å². The molecule has 0 aliphatic rings. The van der Waals surface area contributed by atoms with Crippen LogP contribution >= 0.6 is 0 Å². The first kappa shape index (κ1) is 11.3. The zero-order chi connectivity index (χ0) is 11.4. The SMILES string of the molecule is C=C(C)C(=O)NCc1ccc(O)c(C)c1. The van der Waals surface area contributed by atoms with Crippen LogP contribution in [0.15, 0.2) is 30.4 Å². The number of carbonyl (C=O) groups excluding carboxylic acids is 1. The molecule has 1 aromatic carbocycles. The number of benzene rings is 1. The van der Waals surface area contributed by atoms with E-state index in [4.69, 9.17) is 0 Å². The third-order valence-electron chi connectivity index (χ3n) is 2.10. The molecule has 0 aliphatic carbocycles. The standard InChI is InChI=1S/C12H15NO2/c1-8(2)12(15)13-7-10-4-5-11(14)9(3)6-10/h4-6,14H,1,7H2,2-3H3,(H,13,15). The summed E-state index contributed by atoms with van der Waals surface area (Å²) in [7, 11) is 0. The number of phenols is 1. The molecule has 0 saturated heterocycles. The number of nitrogens with one attached hydrogen (secondary N) is 1. The van der Waals surface area contributed by atoms with Gasteiger partial charge in [-0.05, 0) is 31.0 Å². The van der Waals surface area contributed by atoms with Gasteiger partial charge >= 0.3 is 0 Å². The van der Waals surface area contributed by atoms with E-state index in [1.54, 1.807) is 19.1 Å². The number of amides is 1. The number of hydrogen-bond acceptors (Lipinski definition) is 2. The van der Waals surface area contributed by atoms with Crippen molar-refractivity contribution in [1.29, 1.82) is 0 Å². The maximum Gasteiger partial charge on any atom is 0.246 e. The number of phenolic OH excluding ortho intramolecular Hbond substituents is 1. The third-order valence-corrected chi connectivity index (χ3v) is 2.10. The predicted octanol–water partition coefficient (Wildman–Crippen LogP) is 1.89. The highest BCUT2D eigenvalue weighted by atomic mass is 16.3. The van der Waals surface area contributed by atoms with Crippen LogP contribution in [0.4, 0.5) is 0 Å². The minimum Gasteiger partial charge on any atom is -0.508 e. The van der Waals surface area contributed by atoms with Crippen LogP contribution in [0.3, 0.4) is 0 Å². The van der Waals surface area contributed by atoms with Crippen LogP contribution in [-0.4, -0.2) is 11.0 Å². The molecule has 0 heterocycles. The number of hydrogen-bond donors (Lipinski definition) is 2. The molecular formula is C12H15NO2. The van der Waals surface area contributed by atoms with Crippen LogP contribution in [0.25, 0.3) is 0 Å². The van der Waals surface area contributed by atoms with E-state index in [1.807, 2.05) is 13.0 Å². The van der Waals surface area contributed by atoms with Gasteiger partial charge < -0.3 is 10.4 Å². The van der Waals surface area contributed by atoms with Gasteiger partial charge in [0.1, 0.15) is 5.75 Å². The summed E-state index contributed by atoms with van der Waals surface area (Å²) in [6, 6.07) is 5.24. The van der Waals surface area contributed by atoms with Gasteiger partial charge in [0.25, 0.3) is 0 Å². The lowest BCUT2D eigenvalue weighted by Gasteiger charge is -2.06. The molecule has 3 heteroatoms. The lowest BCUT2D eigenvalue weighted by atomic mass is 10.1. The Bertz CT molecular complexity index is 397. The Morgan fingerprint density at radius 3 is 2.73 bits per heavy atom. The monoisotopic (exact) mass is 205 g/mol. The summed E-state index contributed by atoms with van der Waals surface area (Å²) in [4.78, 5) is 11.2. The second-order valence-corrected chi connectivity index (χ2v) is 3.58. The van der Waals surface area contributed by atoms with Crippen molar-refractivity contribution >= 4 is 5.91 Å². The lowest BCUT2D eigenvalue weighted by Crippen LogP contribution is -2.22. The molecular weight excluding hydrogens is 190 g/mol. The molecule has 80 valence electrons. The van der Waals surface area contributed by atoms with Crippen molar-refractivity contribution in [3.63, 3.8) is 0 Å². The predicted molar refractivity (Wildman–Crippen MR) is 59.5 cm³/mol. The fourth-order valence-corrected chi connectivity index (χ4v) is 1.16. The summed E-state index contributed by atoms with van der Waals surface area (Å²) in [5, 5.41) is 12.0. The van der Waals surface area contributed by atoms with Crippen LogP contribution in [0.1, 0.15) is 18.1 Å². The van der Waals surface area contributed by atoms with Gasteiger partial charge in [-0.3, -0.25) is 4.79 Å². The van der Waals surface area contributed by atoms with E-state index in [0.717, 1.165) is 11.1 Å². The minimum absolute atomic E-state index is 0.152. The average Bonchev–Trinajstić information content (AvgIpc) is 2.19. The molecule has 3 nitrogen and oxygen atoms in total. The van der Waals surface area contributed by atoms with Gasteiger partial charge in [0.15, 0.2) is 0 Å². The van der Waals surface area contributed by atoms with Gasteiger partial charge in [-0.15, -0.1) is 0 Å². The molecule has 0 unspecified atom stereocenters. The summed E-state index contributed by atoms with van der Waals surface area (Å²) < 4.78 is 0. The number of aryl methyl sites for hydroxylation is 1. The fourth-order valence-electron chi connectivity index (χ4n) is 1.16. The van der Waals surface area contributed by atoms with E-state index in [2.05, 4.69) is 11.9 Å². The zero-order valence-electron chi connectivity index (χ0n) is 9.00. The molecule has 0 saturated carbocycles. The molecule has 0 atom stereocenters. The lowest BCUT2D eigenvalue weighted by molar-refractivity contribution is -0.117. The summed E-state index contributed by atoms with van der Waals surface area (Å²) in [6.07, 6.45) is 0. The second-order valence-electron chi connectivity index (χ2n) is 3.58. The van der Waals surface area contributed by atoms with E-state index in [1.165, 1.54) is 0 Å². The molecule has 15 heavy (non-hydrogen) atoms. The number of carbonyl (C=O) groups is 1. The Kier molecular flexibility index (Phi) is 3.50. The Morgan fingerprint density at radius 1 is 1.53 bits per heavy atom. The molecule has 0 aliphatic heterocycles. The topological polar surface area (TPSA) is 49.3 Å². The van der Waals surface area contributed by atoms with Crippen molar-refractivity contribution in [3.05, 3.63) is 41.5 Å². The molecule has 0 fully saturated rings. The van der Waals surface area contributed by atoms with Crippen LogP contribution in [0.2, 0.25) is 0 Å². The maximum atomic E-state index is 11.2. The van der Waals surface area contributed by atoms with Gasteiger partial charge in [-0.25, -0.2) is 0 Å². The van der Waals surface area contributed by atoms with Crippen molar-refractivity contribution in [2.45, 2.75) is 20.4 Å². The number of rotatable bonds is 3. The first-order valence-electron chi connectivity index (χ1n) is 4.73. The van der Waals surface area contributed by atoms with Gasteiger partial charge in [0.05, 0.1) is 0 Å². The summed E-state index contributed by atoms with van der Waals surface area (Å²) in [5.74, 6) is 0.116. The zero-order valence-corrected chi connectivity index (χ0v) is 9.00. The van der Waals surface area contributed by atoms with Crippen LogP contribution in [-0.2, 0) is 11.3 Å². The highest BCUT2D eigenvalue weighted by molar-refractivity contribution is 5.91. The maximum absolute atomic E-state index is 11.2. The van der Waals surface area contributed by atoms with Gasteiger partial charge in [0.2, 0.25) is 5.91 Å². The Labute approximate surface area is 89.4 Å². The second kappa shape index (κ2) is 4.64. The Hall–Kier alpha value is -1.77. The largest absolute Gasteiger partial charge is 0.508 e. The average molecular weight is 205 g/mol. The number of aromatic hydroxyl groups is 1. The van der Waals surface area contributed by atoms with Gasteiger partial charge in [-0.1, -0.05) is 18.7 Å². The molecule has 0 bridgehead atoms. The molecule has 1 amide bonds. The van der Waals surface area contributed by atoms with Crippen molar-refractivity contribution in [1.82, 2.24) is 5.32 Å². The quantitative estimate of drug-likeness (QED) is 0.740. The van der Waals surface area contributed by atoms with Crippen molar-refractivity contribution in [3.8, 4) is 5.75 Å². The molecule has 0 radical (unpaired) electrons. The van der Waals surface area contributed by atoms with Gasteiger partial charge in [-0.2, -0.15) is 0 Å². The Balaban J connectivity index is 2.62. The molecule has 0 spiro atoms. The van der Waals surface area contributed by atoms with E-state index >= 15 is 0 Å². The van der Waals surface area contributed by atoms with Gasteiger partial charge in [0, 0.05) is 12.1 Å². The highest BCUT2D eigenvalue weighted by Crippen LogP contribution is 2.16. The third kappa shape index (κ3) is 3.13. The first-order valence-corrected chi connectivity index (χ1v) is 4.73. The normalized spacial score (nSPS) is 9.73. The summed E-state index contributed by atoms with van der Waals surface area (Å²) in [6.45, 7) is 7.48. The van der Waals surface area contributed by atoms with E-state index in [9.17, 15) is 9.90 Å². The van der Waals surface area contributed by atoms with E-state index in [0.29, 0.717) is 12.1 Å². The first-order chi connectivity index (χ1) is 7.00. The van der Waals surface area contributed by atoms with E-state index < -0.39 is 0 Å². The van der Waals surface area contributed by atoms with E-state index in [-0.39, 0.29) is 11.7 Å². The van der Waals surface area contributed by atoms with Crippen molar-refractivity contribution in [2.24, 2.45) is 0 Å². The summed E-state index contributed by atoms with van der Waals surface area (Å²) in [5.41, 5.74) is 2.25. The summed E-state index contributed by atoms with van der Waals surface area (Å²) >= 11 is 0. The molecule has 2 N–H and O–H groups in total. The minimum atomic E-state index is -0.152. The fraction of sp³-hybridized carbons (Fsp3) is 0.250. The van der Waals surface area contributed by atoms with Crippen LogP contribution < -0.4 is 5.32 Å². The molecule has 1 rings (SSSR count). The smallest absolute Gasteiger partial charge is 0.246 e. The van der Waals surface area contributed by atoms with Crippen molar-refractivity contribution < 1.29 is 9.90 Å². The van der Waals surface area contributed by atoms with Crippen LogP contribution in [0, 0.1) is 6.92 Å². The molecule has 1 aromatic rings. The molecule has 0 aromatic heterocycles.